The molecule has 12 aromatic rings. The van der Waals surface area contributed by atoms with Gasteiger partial charge in [-0.1, -0.05) is 167 Å². The molecule has 2 aliphatic heterocycles. The Morgan fingerprint density at radius 1 is 0.309 bits per heavy atom. The molecular weight excluding hydrogens is 993 g/mol. The van der Waals surface area contributed by atoms with Gasteiger partial charge in [0.25, 0.3) is 0 Å². The van der Waals surface area contributed by atoms with Gasteiger partial charge in [-0.25, -0.2) is 0 Å². The lowest BCUT2D eigenvalue weighted by Gasteiger charge is -2.36. The van der Waals surface area contributed by atoms with Gasteiger partial charge in [0.15, 0.2) is 0 Å². The van der Waals surface area contributed by atoms with Crippen LogP contribution in [0.4, 0.5) is 11.4 Å². The fourth-order valence-electron chi connectivity index (χ4n) is 13.0. The van der Waals surface area contributed by atoms with Crippen LogP contribution in [0.25, 0.3) is 54.2 Å². The monoisotopic (exact) mass is 1060 g/mol. The molecule has 6 heteroatoms. The summed E-state index contributed by atoms with van der Waals surface area (Å²) in [5.41, 5.74) is 13.7. The van der Waals surface area contributed by atoms with Gasteiger partial charge in [-0.2, -0.15) is 0 Å². The van der Waals surface area contributed by atoms with Crippen molar-refractivity contribution in [2.45, 2.75) is 85.5 Å². The summed E-state index contributed by atoms with van der Waals surface area (Å²) in [7, 11) is 0. The summed E-state index contributed by atoms with van der Waals surface area (Å²) >= 11 is 0. The first kappa shape index (κ1) is 50.0. The Bertz CT molecular complexity index is 4070. The molecule has 398 valence electrons. The third kappa shape index (κ3) is 9.28. The predicted molar refractivity (Wildman–Crippen MR) is 334 cm³/mol. The number of para-hydroxylation sites is 4. The minimum absolute atomic E-state index is 0.652. The summed E-state index contributed by atoms with van der Waals surface area (Å²) in [5, 5.41) is 8.44. The summed E-state index contributed by atoms with van der Waals surface area (Å²) in [6.07, 6.45) is 6.24. The summed E-state index contributed by atoms with van der Waals surface area (Å²) in [5.74, 6) is 6.04. The van der Waals surface area contributed by atoms with Gasteiger partial charge in [-0.15, -0.1) is 0 Å². The topological polar surface area (TPSA) is 43.4 Å². The fraction of sp³-hybridized carbons (Fsp3) is 0.173. The number of rotatable bonds is 17. The molecule has 0 radical (unpaired) electrons. The lowest BCUT2D eigenvalue weighted by atomic mass is 9.81. The second kappa shape index (κ2) is 21.4. The van der Waals surface area contributed by atoms with E-state index in [1.54, 1.807) is 0 Å². The molecule has 0 bridgehead atoms. The lowest BCUT2D eigenvalue weighted by Crippen LogP contribution is -2.28. The molecule has 0 saturated heterocycles. The molecule has 0 spiro atoms. The summed E-state index contributed by atoms with van der Waals surface area (Å²) in [6.45, 7) is 9.50. The number of anilines is 2. The molecule has 14 rings (SSSR count). The summed E-state index contributed by atoms with van der Waals surface area (Å²) in [6, 6.07) is 75.3. The van der Waals surface area contributed by atoms with Crippen LogP contribution in [0.2, 0.25) is 0 Å². The third-order valence-electron chi connectivity index (χ3n) is 16.4. The van der Waals surface area contributed by atoms with E-state index in [-0.39, 0.29) is 0 Å². The Balaban J connectivity index is 1.12. The predicted octanol–water partition coefficient (Wildman–Crippen LogP) is 20.5. The Kier molecular flexibility index (Phi) is 13.2. The summed E-state index contributed by atoms with van der Waals surface area (Å²) in [4.78, 5) is 5.15. The van der Waals surface area contributed by atoms with Gasteiger partial charge in [0, 0.05) is 75.4 Å². The summed E-state index contributed by atoms with van der Waals surface area (Å²) < 4.78 is 29.6. The van der Waals surface area contributed by atoms with Crippen molar-refractivity contribution in [2.24, 2.45) is 0 Å². The van der Waals surface area contributed by atoms with Crippen LogP contribution in [0.1, 0.15) is 79.0 Å². The van der Waals surface area contributed by atoms with E-state index in [4.69, 9.17) is 18.9 Å². The number of ether oxygens (including phenoxy) is 4. The van der Waals surface area contributed by atoms with Crippen LogP contribution in [0, 0.1) is 0 Å². The van der Waals surface area contributed by atoms with E-state index in [1.807, 2.05) is 72.8 Å². The van der Waals surface area contributed by atoms with Crippen LogP contribution in [-0.4, -0.2) is 0 Å². The highest BCUT2D eigenvalue weighted by atomic mass is 16.5. The number of aryl methyl sites for hydroxylation is 3. The molecule has 2 heterocycles. The van der Waals surface area contributed by atoms with E-state index in [2.05, 4.69) is 170 Å². The smallest absolute Gasteiger partial charge is 0.136 e. The molecule has 6 nitrogen and oxygen atoms in total. The van der Waals surface area contributed by atoms with Gasteiger partial charge < -0.3 is 28.7 Å². The maximum absolute atomic E-state index is 7.41. The van der Waals surface area contributed by atoms with Crippen LogP contribution >= 0.6 is 0 Å². The second-order valence-corrected chi connectivity index (χ2v) is 21.9. The number of hydrogen-bond donors (Lipinski definition) is 0. The number of nitrogens with zero attached hydrogens (tertiary/aromatic N) is 2. The maximum Gasteiger partial charge on any atom is 0.136 e. The first-order valence-corrected chi connectivity index (χ1v) is 29.0. The zero-order valence-corrected chi connectivity index (χ0v) is 46.3. The zero-order chi connectivity index (χ0) is 54.4. The maximum atomic E-state index is 7.41. The Labute approximate surface area is 474 Å². The standard InChI is InChI=1S/C75H64N2O4/c1-4-22-49-35-37-52(24-6-3)62(39-49)76-45-53-41-64(78-57-27-14-8-15-28-57)70-72-66(80-59-31-18-10-19-32-59)43-55-47-77(63-40-50(23-5-2)36-38-61(63)51-25-12-7-13-26-51)48-56-44-67(81-60-33-20-11-21-34-60)73(75(72)69(55)56)71-65(79-58-29-16-9-17-30-58)42-54(46-76)68(53)74(70)71/h7-21,25-44H,4-6,22-24,45-48H2,1-3H3. The van der Waals surface area contributed by atoms with Gasteiger partial charge >= 0.3 is 0 Å². The zero-order valence-electron chi connectivity index (χ0n) is 46.3. The van der Waals surface area contributed by atoms with E-state index < -0.39 is 0 Å². The molecule has 0 fully saturated rings. The van der Waals surface area contributed by atoms with Gasteiger partial charge in [0.1, 0.15) is 46.0 Å². The van der Waals surface area contributed by atoms with Crippen LogP contribution in [0.5, 0.6) is 46.0 Å². The third-order valence-corrected chi connectivity index (χ3v) is 16.4. The van der Waals surface area contributed by atoms with Crippen LogP contribution < -0.4 is 28.7 Å². The van der Waals surface area contributed by atoms with E-state index in [0.29, 0.717) is 26.2 Å². The molecular formula is C75H64N2O4. The molecule has 2 aliphatic rings. The van der Waals surface area contributed by atoms with Crippen molar-refractivity contribution < 1.29 is 18.9 Å². The van der Waals surface area contributed by atoms with Crippen molar-refractivity contribution in [3.05, 3.63) is 251 Å². The van der Waals surface area contributed by atoms with Gasteiger partial charge in [-0.3, -0.25) is 0 Å². The minimum atomic E-state index is 0.652. The Hall–Kier alpha value is -9.26. The van der Waals surface area contributed by atoms with Gasteiger partial charge in [-0.05, 0) is 159 Å². The molecule has 0 aliphatic carbocycles. The molecule has 0 saturated carbocycles. The van der Waals surface area contributed by atoms with Crippen molar-refractivity contribution in [1.29, 1.82) is 0 Å². The molecule has 0 amide bonds. The average Bonchev–Trinajstić information content (AvgIpc) is 1.28. The molecule has 0 atom stereocenters. The number of fused-ring (bicyclic) bond motifs is 2. The number of benzene rings is 12. The van der Waals surface area contributed by atoms with Crippen molar-refractivity contribution in [2.75, 3.05) is 9.80 Å². The van der Waals surface area contributed by atoms with Gasteiger partial charge in [0.2, 0.25) is 0 Å². The SMILES string of the molecule is CCCc1ccc(CCC)c(N2Cc3cc(Oc4ccccc4)c4c5c(Oc6ccccc6)cc6c7c(cc(Oc8ccccc8)c(c8c(Oc9ccccc9)cc(c3c48)C2)c75)CN(c2cc(CCC)ccc2-c2ccccc2)C6)c1. The minimum Gasteiger partial charge on any atom is -0.457 e. The second-order valence-electron chi connectivity index (χ2n) is 21.9. The lowest BCUT2D eigenvalue weighted by molar-refractivity contribution is 0.481. The van der Waals surface area contributed by atoms with Crippen molar-refractivity contribution in [1.82, 2.24) is 0 Å². The highest BCUT2D eigenvalue weighted by Crippen LogP contribution is 2.58. The van der Waals surface area contributed by atoms with E-state index in [9.17, 15) is 0 Å². The van der Waals surface area contributed by atoms with Crippen LogP contribution in [-0.2, 0) is 45.4 Å². The van der Waals surface area contributed by atoms with Crippen LogP contribution in [0.3, 0.4) is 0 Å². The molecule has 0 aromatic heterocycles. The highest BCUT2D eigenvalue weighted by Gasteiger charge is 2.35. The van der Waals surface area contributed by atoms with Gasteiger partial charge in [0.05, 0.1) is 0 Å². The number of hydrogen-bond acceptors (Lipinski definition) is 6. The first-order chi connectivity index (χ1) is 40.0. The largest absolute Gasteiger partial charge is 0.457 e. The molecule has 12 aromatic carbocycles. The molecule has 0 unspecified atom stereocenters. The van der Waals surface area contributed by atoms with Crippen molar-refractivity contribution >= 4 is 54.5 Å². The Morgan fingerprint density at radius 3 is 1.01 bits per heavy atom. The van der Waals surface area contributed by atoms with E-state index in [0.717, 1.165) is 117 Å². The molecule has 0 N–H and O–H groups in total. The highest BCUT2D eigenvalue weighted by molar-refractivity contribution is 6.39. The molecule has 81 heavy (non-hydrogen) atoms. The van der Waals surface area contributed by atoms with E-state index in [1.165, 1.54) is 72.2 Å². The fourth-order valence-corrected chi connectivity index (χ4v) is 13.0. The Morgan fingerprint density at radius 2 is 0.642 bits per heavy atom. The first-order valence-electron chi connectivity index (χ1n) is 29.0. The average molecular weight is 1060 g/mol. The van der Waals surface area contributed by atoms with E-state index >= 15 is 0 Å². The van der Waals surface area contributed by atoms with Crippen LogP contribution in [0.15, 0.2) is 212 Å². The van der Waals surface area contributed by atoms with Crippen molar-refractivity contribution in [3.8, 4) is 57.1 Å². The normalized spacial score (nSPS) is 12.9. The van der Waals surface area contributed by atoms with Crippen molar-refractivity contribution in [3.63, 3.8) is 0 Å². The quantitative estimate of drug-likeness (QED) is 0.0669.